The molecule has 0 unspecified atom stereocenters. The molecule has 1 aromatic heterocycles. The molecule has 1 aromatic carbocycles. The minimum atomic E-state index is -0.878. The summed E-state index contributed by atoms with van der Waals surface area (Å²) in [5.41, 5.74) is 1.55. The van der Waals surface area contributed by atoms with Crippen molar-refractivity contribution < 1.29 is 4.79 Å². The second-order valence-electron chi connectivity index (χ2n) is 10.2. The Labute approximate surface area is 196 Å². The summed E-state index contributed by atoms with van der Waals surface area (Å²) in [7, 11) is 0. The van der Waals surface area contributed by atoms with Gasteiger partial charge in [-0.3, -0.25) is 9.36 Å². The number of thioether (sulfide) groups is 1. The van der Waals surface area contributed by atoms with Gasteiger partial charge >= 0.3 is 0 Å². The number of amides is 1. The Morgan fingerprint density at radius 2 is 1.81 bits per heavy atom. The summed E-state index contributed by atoms with van der Waals surface area (Å²) in [6.45, 7) is 12.3. The molecule has 1 atom stereocenters. The summed E-state index contributed by atoms with van der Waals surface area (Å²) in [5.74, 6) is 0.929. The zero-order valence-corrected chi connectivity index (χ0v) is 20.9. The number of hydrogen-bond donors (Lipinski definition) is 1. The van der Waals surface area contributed by atoms with E-state index < -0.39 is 5.54 Å². The van der Waals surface area contributed by atoms with Crippen LogP contribution in [0.5, 0.6) is 0 Å². The molecule has 2 aromatic rings. The van der Waals surface area contributed by atoms with Gasteiger partial charge in [0.15, 0.2) is 11.0 Å². The standard InChI is InChI=1S/C25H35N5OS/c1-17(2)25(6,16-26)27-21(31)15-32-23-29-28-22(30(23)20-9-7-8-10-20)18-11-13-19(14-12-18)24(3,4)5/h11-14,17,20H,7-10,15H2,1-6H3,(H,27,31)/t25-/m0/s1. The van der Waals surface area contributed by atoms with E-state index in [2.05, 4.69) is 71.2 Å². The van der Waals surface area contributed by atoms with Gasteiger partial charge in [-0.15, -0.1) is 10.2 Å². The Hall–Kier alpha value is -2.33. The number of carbonyl (C=O) groups excluding carboxylic acids is 1. The number of benzene rings is 1. The fraction of sp³-hybridized carbons (Fsp3) is 0.600. The number of rotatable bonds is 7. The second kappa shape index (κ2) is 9.66. The first kappa shape index (κ1) is 24.3. The number of aromatic nitrogens is 3. The van der Waals surface area contributed by atoms with Gasteiger partial charge in [0.1, 0.15) is 5.54 Å². The molecule has 0 saturated heterocycles. The summed E-state index contributed by atoms with van der Waals surface area (Å²) in [6, 6.07) is 11.2. The van der Waals surface area contributed by atoms with E-state index in [1.165, 1.54) is 30.2 Å². The van der Waals surface area contributed by atoms with Gasteiger partial charge in [0.05, 0.1) is 11.8 Å². The Kier molecular flexibility index (Phi) is 7.34. The minimum absolute atomic E-state index is 0.0197. The molecule has 6 nitrogen and oxygen atoms in total. The Morgan fingerprint density at radius 3 is 2.34 bits per heavy atom. The minimum Gasteiger partial charge on any atom is -0.337 e. The topological polar surface area (TPSA) is 83.6 Å². The van der Waals surface area contributed by atoms with E-state index in [0.29, 0.717) is 6.04 Å². The van der Waals surface area contributed by atoms with Gasteiger partial charge in [-0.05, 0) is 36.7 Å². The molecule has 0 aliphatic heterocycles. The quantitative estimate of drug-likeness (QED) is 0.559. The van der Waals surface area contributed by atoms with Crippen LogP contribution in [-0.4, -0.2) is 32.0 Å². The maximum absolute atomic E-state index is 12.6. The Bertz CT molecular complexity index is 977. The third-order valence-electron chi connectivity index (χ3n) is 6.48. The lowest BCUT2D eigenvalue weighted by atomic mass is 9.86. The molecular weight excluding hydrogens is 418 g/mol. The first-order chi connectivity index (χ1) is 15.0. The van der Waals surface area contributed by atoms with E-state index in [1.807, 2.05) is 13.8 Å². The summed E-state index contributed by atoms with van der Waals surface area (Å²) < 4.78 is 2.23. The summed E-state index contributed by atoms with van der Waals surface area (Å²) in [5, 5.41) is 22.1. The first-order valence-electron chi connectivity index (χ1n) is 11.5. The van der Waals surface area contributed by atoms with Crippen LogP contribution in [0.3, 0.4) is 0 Å². The van der Waals surface area contributed by atoms with E-state index in [4.69, 9.17) is 0 Å². The molecule has 1 N–H and O–H groups in total. The molecule has 172 valence electrons. The smallest absolute Gasteiger partial charge is 0.231 e. The molecule has 1 fully saturated rings. The third kappa shape index (κ3) is 5.35. The van der Waals surface area contributed by atoms with Crippen LogP contribution in [0.2, 0.25) is 0 Å². The van der Waals surface area contributed by atoms with Crippen molar-refractivity contribution in [3.05, 3.63) is 29.8 Å². The number of nitrogens with one attached hydrogen (secondary N) is 1. The Morgan fingerprint density at radius 1 is 1.19 bits per heavy atom. The van der Waals surface area contributed by atoms with Crippen LogP contribution in [0.1, 0.15) is 78.8 Å². The molecule has 0 spiro atoms. The molecule has 1 amide bonds. The van der Waals surface area contributed by atoms with Crippen molar-refractivity contribution in [3.8, 4) is 17.5 Å². The maximum atomic E-state index is 12.6. The largest absolute Gasteiger partial charge is 0.337 e. The number of carbonyl (C=O) groups is 1. The van der Waals surface area contributed by atoms with Crippen LogP contribution in [0, 0.1) is 17.2 Å². The van der Waals surface area contributed by atoms with Crippen LogP contribution in [0.25, 0.3) is 11.4 Å². The van der Waals surface area contributed by atoms with E-state index >= 15 is 0 Å². The van der Waals surface area contributed by atoms with Crippen molar-refractivity contribution in [3.63, 3.8) is 0 Å². The maximum Gasteiger partial charge on any atom is 0.231 e. The monoisotopic (exact) mass is 453 g/mol. The van der Waals surface area contributed by atoms with E-state index in [-0.39, 0.29) is 23.0 Å². The summed E-state index contributed by atoms with van der Waals surface area (Å²) in [6.07, 6.45) is 4.60. The lowest BCUT2D eigenvalue weighted by Crippen LogP contribution is -2.49. The van der Waals surface area contributed by atoms with Gasteiger partial charge in [0.2, 0.25) is 5.91 Å². The highest BCUT2D eigenvalue weighted by Gasteiger charge is 2.31. The van der Waals surface area contributed by atoms with Crippen LogP contribution in [0.4, 0.5) is 0 Å². The molecule has 32 heavy (non-hydrogen) atoms. The van der Waals surface area contributed by atoms with Crippen molar-refractivity contribution in [2.45, 2.75) is 89.4 Å². The van der Waals surface area contributed by atoms with Crippen LogP contribution in [-0.2, 0) is 10.2 Å². The van der Waals surface area contributed by atoms with Gasteiger partial charge in [-0.1, -0.05) is 83.5 Å². The predicted molar refractivity (Wildman–Crippen MR) is 129 cm³/mol. The summed E-state index contributed by atoms with van der Waals surface area (Å²) in [4.78, 5) is 12.6. The normalized spacial score (nSPS) is 16.7. The van der Waals surface area contributed by atoms with E-state index in [1.54, 1.807) is 6.92 Å². The lowest BCUT2D eigenvalue weighted by molar-refractivity contribution is -0.120. The van der Waals surface area contributed by atoms with Crippen molar-refractivity contribution in [1.29, 1.82) is 5.26 Å². The molecule has 1 aliphatic carbocycles. The summed E-state index contributed by atoms with van der Waals surface area (Å²) >= 11 is 1.40. The van der Waals surface area contributed by atoms with Crippen molar-refractivity contribution in [1.82, 2.24) is 20.1 Å². The lowest BCUT2D eigenvalue weighted by Gasteiger charge is -2.27. The van der Waals surface area contributed by atoms with Crippen molar-refractivity contribution >= 4 is 17.7 Å². The fourth-order valence-electron chi connectivity index (χ4n) is 3.94. The van der Waals surface area contributed by atoms with E-state index in [9.17, 15) is 10.1 Å². The van der Waals surface area contributed by atoms with Crippen molar-refractivity contribution in [2.75, 3.05) is 5.75 Å². The highest BCUT2D eigenvalue weighted by atomic mass is 32.2. The molecule has 1 heterocycles. The third-order valence-corrected chi connectivity index (χ3v) is 7.42. The average Bonchev–Trinajstić information content (AvgIpc) is 3.41. The Balaban J connectivity index is 1.82. The zero-order chi connectivity index (χ0) is 23.5. The highest BCUT2D eigenvalue weighted by molar-refractivity contribution is 7.99. The fourth-order valence-corrected chi connectivity index (χ4v) is 4.75. The van der Waals surface area contributed by atoms with Crippen LogP contribution >= 0.6 is 11.8 Å². The number of hydrogen-bond acceptors (Lipinski definition) is 5. The van der Waals surface area contributed by atoms with Gasteiger partial charge < -0.3 is 5.32 Å². The zero-order valence-electron chi connectivity index (χ0n) is 20.1. The van der Waals surface area contributed by atoms with Gasteiger partial charge in [-0.2, -0.15) is 5.26 Å². The van der Waals surface area contributed by atoms with Gasteiger partial charge in [0.25, 0.3) is 0 Å². The molecule has 7 heteroatoms. The van der Waals surface area contributed by atoms with Crippen molar-refractivity contribution in [2.24, 2.45) is 5.92 Å². The SMILES string of the molecule is CC(C)[C@](C)(C#N)NC(=O)CSc1nnc(-c2ccc(C(C)(C)C)cc2)n1C1CCCC1. The first-order valence-corrected chi connectivity index (χ1v) is 12.4. The van der Waals surface area contributed by atoms with Gasteiger partial charge in [-0.25, -0.2) is 0 Å². The molecule has 1 saturated carbocycles. The highest BCUT2D eigenvalue weighted by Crippen LogP contribution is 2.37. The average molecular weight is 454 g/mol. The second-order valence-corrected chi connectivity index (χ2v) is 11.2. The van der Waals surface area contributed by atoms with E-state index in [0.717, 1.165) is 29.4 Å². The molecule has 3 rings (SSSR count). The van der Waals surface area contributed by atoms with Gasteiger partial charge in [0, 0.05) is 11.6 Å². The molecule has 0 bridgehead atoms. The van der Waals surface area contributed by atoms with Crippen LogP contribution in [0.15, 0.2) is 29.4 Å². The number of nitriles is 1. The predicted octanol–water partition coefficient (Wildman–Crippen LogP) is 5.50. The molecular formula is C25H35N5OS. The van der Waals surface area contributed by atoms with Crippen LogP contribution < -0.4 is 5.32 Å². The molecule has 0 radical (unpaired) electrons. The molecule has 1 aliphatic rings. The number of nitrogens with zero attached hydrogens (tertiary/aromatic N) is 4.